The van der Waals surface area contributed by atoms with E-state index in [2.05, 4.69) is 9.97 Å². The molecule has 3 heterocycles. The van der Waals surface area contributed by atoms with Crippen molar-refractivity contribution in [1.29, 1.82) is 0 Å². The standard InChI is InChI=1S/C23H25N3O4S/c1-12-4-3-5-16(6-12)30-18-8-15-10-26(9-14(15)7-17(18)27)23(29)20-13(2)19-21(28)24-11-25-22(19)31-20/h3-6,11,14-15,17-18,27H,7-10H2,1-2H3,(H,24,25,28)/t14-,15+,17+,18+/m0/s1. The second-order valence-electron chi connectivity index (χ2n) is 8.71. The SMILES string of the molecule is Cc1cccc(O[C@@H]2C[C@@H]3CN(C(=O)c4sc5nc[nH]c(=O)c5c4C)C[C@@H]3C[C@H]2O)c1. The molecule has 0 bridgehead atoms. The number of benzene rings is 1. The van der Waals surface area contributed by atoms with Crippen LogP contribution in [0.4, 0.5) is 0 Å². The summed E-state index contributed by atoms with van der Waals surface area (Å²) >= 11 is 1.27. The van der Waals surface area contributed by atoms with E-state index in [0.717, 1.165) is 17.7 Å². The van der Waals surface area contributed by atoms with Crippen LogP contribution in [0, 0.1) is 25.7 Å². The maximum atomic E-state index is 13.3. The predicted molar refractivity (Wildman–Crippen MR) is 119 cm³/mol. The number of hydrogen-bond donors (Lipinski definition) is 2. The number of thiophene rings is 1. The Kier molecular flexibility index (Phi) is 5.06. The second-order valence-corrected chi connectivity index (χ2v) is 9.71. The van der Waals surface area contributed by atoms with E-state index in [1.165, 1.54) is 17.7 Å². The molecule has 1 amide bonds. The maximum Gasteiger partial charge on any atom is 0.264 e. The number of fused-ring (bicyclic) bond motifs is 2. The zero-order chi connectivity index (χ0) is 21.7. The summed E-state index contributed by atoms with van der Waals surface area (Å²) in [6.07, 6.45) is 1.89. The monoisotopic (exact) mass is 439 g/mol. The molecule has 3 aromatic rings. The number of likely N-dealkylation sites (tertiary alicyclic amines) is 1. The highest BCUT2D eigenvalue weighted by molar-refractivity contribution is 7.20. The van der Waals surface area contributed by atoms with E-state index in [9.17, 15) is 14.7 Å². The van der Waals surface area contributed by atoms with Gasteiger partial charge in [0.2, 0.25) is 0 Å². The average molecular weight is 440 g/mol. The van der Waals surface area contributed by atoms with Gasteiger partial charge in [-0.2, -0.15) is 0 Å². The zero-order valence-electron chi connectivity index (χ0n) is 17.5. The van der Waals surface area contributed by atoms with Crippen LogP contribution in [-0.4, -0.2) is 51.2 Å². The third-order valence-corrected chi connectivity index (χ3v) is 7.76. The first-order valence-electron chi connectivity index (χ1n) is 10.6. The fraction of sp³-hybridized carbons (Fsp3) is 0.435. The number of carbonyl (C=O) groups excluding carboxylic acids is 1. The fourth-order valence-corrected chi connectivity index (χ4v) is 6.09. The number of aryl methyl sites for hydroxylation is 2. The van der Waals surface area contributed by atoms with Gasteiger partial charge in [0.15, 0.2) is 0 Å². The highest BCUT2D eigenvalue weighted by atomic mass is 32.1. The van der Waals surface area contributed by atoms with Crippen LogP contribution >= 0.6 is 11.3 Å². The zero-order valence-corrected chi connectivity index (χ0v) is 18.3. The Bertz CT molecular complexity index is 1200. The van der Waals surface area contributed by atoms with E-state index >= 15 is 0 Å². The number of rotatable bonds is 3. The molecule has 1 aliphatic carbocycles. The summed E-state index contributed by atoms with van der Waals surface area (Å²) in [5.41, 5.74) is 1.59. The lowest BCUT2D eigenvalue weighted by atomic mass is 9.78. The number of ether oxygens (including phenoxy) is 1. The molecule has 0 radical (unpaired) electrons. The minimum Gasteiger partial charge on any atom is -0.488 e. The van der Waals surface area contributed by atoms with Gasteiger partial charge < -0.3 is 19.7 Å². The first-order valence-corrected chi connectivity index (χ1v) is 11.4. The van der Waals surface area contributed by atoms with Crippen LogP contribution in [0.1, 0.15) is 33.6 Å². The Morgan fingerprint density at radius 1 is 1.26 bits per heavy atom. The van der Waals surface area contributed by atoms with Gasteiger partial charge in [0.25, 0.3) is 11.5 Å². The normalized spacial score (nSPS) is 25.6. The first kappa shape index (κ1) is 20.2. The van der Waals surface area contributed by atoms with Gasteiger partial charge in [-0.15, -0.1) is 11.3 Å². The second kappa shape index (κ2) is 7.76. The molecule has 1 saturated heterocycles. The number of aliphatic hydroxyl groups excluding tert-OH is 1. The number of H-pyrrole nitrogens is 1. The molecule has 162 valence electrons. The van der Waals surface area contributed by atoms with Crippen LogP contribution in [0.2, 0.25) is 0 Å². The van der Waals surface area contributed by atoms with Crippen LogP contribution in [0.3, 0.4) is 0 Å². The molecule has 1 aliphatic heterocycles. The van der Waals surface area contributed by atoms with Crippen molar-refractivity contribution in [2.24, 2.45) is 11.8 Å². The quantitative estimate of drug-likeness (QED) is 0.654. The van der Waals surface area contributed by atoms with Crippen molar-refractivity contribution in [2.45, 2.75) is 38.9 Å². The van der Waals surface area contributed by atoms with E-state index in [1.54, 1.807) is 0 Å². The number of hydrogen-bond acceptors (Lipinski definition) is 6. The molecule has 31 heavy (non-hydrogen) atoms. The highest BCUT2D eigenvalue weighted by Crippen LogP contribution is 2.39. The summed E-state index contributed by atoms with van der Waals surface area (Å²) < 4.78 is 6.11. The largest absolute Gasteiger partial charge is 0.488 e. The number of aromatic nitrogens is 2. The molecule has 5 rings (SSSR count). The predicted octanol–water partition coefficient (Wildman–Crippen LogP) is 2.89. The topological polar surface area (TPSA) is 95.5 Å². The minimum atomic E-state index is -0.550. The molecular formula is C23H25N3O4S. The van der Waals surface area contributed by atoms with Gasteiger partial charge in [-0.05, 0) is 61.8 Å². The summed E-state index contributed by atoms with van der Waals surface area (Å²) in [6, 6.07) is 7.85. The van der Waals surface area contributed by atoms with E-state index in [1.807, 2.05) is 43.0 Å². The van der Waals surface area contributed by atoms with Crippen molar-refractivity contribution in [2.75, 3.05) is 13.1 Å². The molecule has 2 aliphatic rings. The van der Waals surface area contributed by atoms with Gasteiger partial charge in [-0.3, -0.25) is 9.59 Å². The summed E-state index contributed by atoms with van der Waals surface area (Å²) in [5.74, 6) is 1.26. The Morgan fingerprint density at radius 2 is 2.03 bits per heavy atom. The summed E-state index contributed by atoms with van der Waals surface area (Å²) in [7, 11) is 0. The smallest absolute Gasteiger partial charge is 0.264 e. The molecule has 2 aromatic heterocycles. The van der Waals surface area contributed by atoms with Crippen LogP contribution < -0.4 is 10.3 Å². The van der Waals surface area contributed by atoms with Crippen molar-refractivity contribution in [3.63, 3.8) is 0 Å². The number of amides is 1. The molecule has 2 N–H and O–H groups in total. The lowest BCUT2D eigenvalue weighted by Gasteiger charge is -2.35. The summed E-state index contributed by atoms with van der Waals surface area (Å²) in [5, 5.41) is 11.2. The Labute approximate surface area is 183 Å². The molecular weight excluding hydrogens is 414 g/mol. The van der Waals surface area contributed by atoms with Crippen molar-refractivity contribution in [1.82, 2.24) is 14.9 Å². The first-order chi connectivity index (χ1) is 14.9. The molecule has 7 nitrogen and oxygen atoms in total. The number of nitrogens with zero attached hydrogens (tertiary/aromatic N) is 2. The molecule has 1 saturated carbocycles. The van der Waals surface area contributed by atoms with Crippen molar-refractivity contribution in [3.05, 3.63) is 57.0 Å². The van der Waals surface area contributed by atoms with Gasteiger partial charge >= 0.3 is 0 Å². The lowest BCUT2D eigenvalue weighted by Crippen LogP contribution is -2.42. The Hall–Kier alpha value is -2.71. The van der Waals surface area contributed by atoms with Crippen molar-refractivity contribution in [3.8, 4) is 5.75 Å². The lowest BCUT2D eigenvalue weighted by molar-refractivity contribution is -0.0231. The van der Waals surface area contributed by atoms with Gasteiger partial charge in [0, 0.05) is 13.1 Å². The molecule has 0 spiro atoms. The minimum absolute atomic E-state index is 0.0556. The number of aliphatic hydroxyl groups is 1. The Balaban J connectivity index is 1.32. The van der Waals surface area contributed by atoms with Gasteiger partial charge in [0.1, 0.15) is 16.7 Å². The highest BCUT2D eigenvalue weighted by Gasteiger charge is 2.44. The van der Waals surface area contributed by atoms with Gasteiger partial charge in [-0.1, -0.05) is 12.1 Å². The molecule has 0 unspecified atom stereocenters. The third-order valence-electron chi connectivity index (χ3n) is 6.58. The van der Waals surface area contributed by atoms with Crippen LogP contribution in [0.15, 0.2) is 35.4 Å². The maximum absolute atomic E-state index is 13.3. The van der Waals surface area contributed by atoms with Crippen LogP contribution in [-0.2, 0) is 0 Å². The molecule has 1 aromatic carbocycles. The average Bonchev–Trinajstić information content (AvgIpc) is 3.29. The van der Waals surface area contributed by atoms with E-state index in [-0.39, 0.29) is 23.5 Å². The van der Waals surface area contributed by atoms with E-state index in [4.69, 9.17) is 4.74 Å². The molecule has 4 atom stereocenters. The molecule has 2 fully saturated rings. The van der Waals surface area contributed by atoms with E-state index < -0.39 is 6.10 Å². The van der Waals surface area contributed by atoms with Crippen molar-refractivity contribution >= 4 is 27.5 Å². The van der Waals surface area contributed by atoms with E-state index in [0.29, 0.717) is 46.1 Å². The van der Waals surface area contributed by atoms with Gasteiger partial charge in [-0.25, -0.2) is 4.98 Å². The Morgan fingerprint density at radius 3 is 2.77 bits per heavy atom. The molecule has 8 heteroatoms. The van der Waals surface area contributed by atoms with Gasteiger partial charge in [0.05, 0.1) is 22.7 Å². The third kappa shape index (κ3) is 3.64. The fourth-order valence-electron chi connectivity index (χ4n) is 4.97. The number of aromatic amines is 1. The summed E-state index contributed by atoms with van der Waals surface area (Å²) in [4.78, 5) is 35.3. The van der Waals surface area contributed by atoms with Crippen molar-refractivity contribution < 1.29 is 14.6 Å². The summed E-state index contributed by atoms with van der Waals surface area (Å²) in [6.45, 7) is 5.08. The number of nitrogens with one attached hydrogen (secondary N) is 1. The van der Waals surface area contributed by atoms with Crippen LogP contribution in [0.5, 0.6) is 5.75 Å². The number of carbonyl (C=O) groups is 1. The van der Waals surface area contributed by atoms with Crippen LogP contribution in [0.25, 0.3) is 10.2 Å².